The summed E-state index contributed by atoms with van der Waals surface area (Å²) >= 11 is 0. The van der Waals surface area contributed by atoms with Gasteiger partial charge in [-0.2, -0.15) is 0 Å². The average Bonchev–Trinajstić information content (AvgIpc) is 3.52. The first kappa shape index (κ1) is 27.6. The molecule has 1 saturated carbocycles. The second kappa shape index (κ2) is 13.0. The topological polar surface area (TPSA) is 87.2 Å². The Labute approximate surface area is 235 Å². The van der Waals surface area contributed by atoms with Gasteiger partial charge in [0.15, 0.2) is 17.6 Å². The summed E-state index contributed by atoms with van der Waals surface area (Å²) in [4.78, 5) is 33.3. The van der Waals surface area contributed by atoms with Gasteiger partial charge in [-0.3, -0.25) is 9.78 Å². The lowest BCUT2D eigenvalue weighted by Crippen LogP contribution is -2.51. The van der Waals surface area contributed by atoms with Crippen LogP contribution in [0, 0.1) is 0 Å². The minimum atomic E-state index is -0.825. The summed E-state index contributed by atoms with van der Waals surface area (Å²) in [6.07, 6.45) is 6.93. The van der Waals surface area contributed by atoms with Gasteiger partial charge in [0, 0.05) is 30.9 Å². The molecule has 0 radical (unpaired) electrons. The zero-order valence-corrected chi connectivity index (χ0v) is 23.1. The fourth-order valence-electron chi connectivity index (χ4n) is 5.52. The number of carbonyl (C=O) groups is 2. The molecule has 5 rings (SSSR count). The number of amides is 1. The van der Waals surface area contributed by atoms with Crippen LogP contribution in [0.2, 0.25) is 0 Å². The third-order valence-electron chi connectivity index (χ3n) is 7.59. The first-order chi connectivity index (χ1) is 19.6. The van der Waals surface area contributed by atoms with Crippen LogP contribution < -0.4 is 9.47 Å². The molecule has 2 unspecified atom stereocenters. The molecule has 1 amide bonds. The van der Waals surface area contributed by atoms with Crippen molar-refractivity contribution in [3.8, 4) is 11.5 Å². The molecule has 1 aliphatic heterocycles. The highest BCUT2D eigenvalue weighted by molar-refractivity contribution is 5.89. The van der Waals surface area contributed by atoms with E-state index in [0.29, 0.717) is 18.1 Å². The predicted octanol–water partition coefficient (Wildman–Crippen LogP) is 5.19. The number of nitrogens with zero attached hydrogens (tertiary/aromatic N) is 2. The summed E-state index contributed by atoms with van der Waals surface area (Å²) in [6, 6.07) is 16.3. The van der Waals surface area contributed by atoms with Crippen LogP contribution in [0.3, 0.4) is 0 Å². The highest BCUT2D eigenvalue weighted by atomic mass is 16.5. The van der Waals surface area contributed by atoms with Crippen LogP contribution in [0.25, 0.3) is 0 Å². The van der Waals surface area contributed by atoms with E-state index in [1.807, 2.05) is 54.6 Å². The van der Waals surface area contributed by atoms with Gasteiger partial charge in [0.25, 0.3) is 5.91 Å². The largest absolute Gasteiger partial charge is 0.493 e. The molecule has 3 aromatic rings. The highest BCUT2D eigenvalue weighted by Crippen LogP contribution is 2.40. The fraction of sp³-hybridized carbons (Fsp3) is 0.406. The maximum atomic E-state index is 14.3. The number of benzene rings is 2. The second-order valence-corrected chi connectivity index (χ2v) is 10.2. The van der Waals surface area contributed by atoms with Crippen molar-refractivity contribution in [1.29, 1.82) is 0 Å². The third-order valence-corrected chi connectivity index (χ3v) is 7.59. The Morgan fingerprint density at radius 1 is 1.02 bits per heavy atom. The number of aromatic nitrogens is 1. The molecular weight excluding hydrogens is 508 g/mol. The molecule has 2 aliphatic rings. The van der Waals surface area contributed by atoms with E-state index in [2.05, 4.69) is 4.98 Å². The van der Waals surface area contributed by atoms with Crippen molar-refractivity contribution in [2.24, 2.45) is 0 Å². The van der Waals surface area contributed by atoms with Crippen LogP contribution in [0.1, 0.15) is 61.0 Å². The van der Waals surface area contributed by atoms with Crippen molar-refractivity contribution in [3.05, 3.63) is 89.2 Å². The smallest absolute Gasteiger partial charge is 0.329 e. The number of esters is 1. The Balaban J connectivity index is 1.49. The van der Waals surface area contributed by atoms with E-state index < -0.39 is 18.1 Å². The van der Waals surface area contributed by atoms with Gasteiger partial charge in [0.2, 0.25) is 0 Å². The molecule has 0 bridgehead atoms. The number of hydrogen-bond donors (Lipinski definition) is 0. The molecule has 1 aromatic heterocycles. The first-order valence-electron chi connectivity index (χ1n) is 14.0. The number of carbonyl (C=O) groups excluding carboxylic acids is 2. The van der Waals surface area contributed by atoms with E-state index in [0.717, 1.165) is 47.9 Å². The second-order valence-electron chi connectivity index (χ2n) is 10.2. The highest BCUT2D eigenvalue weighted by Gasteiger charge is 2.41. The van der Waals surface area contributed by atoms with Gasteiger partial charge >= 0.3 is 5.97 Å². The van der Waals surface area contributed by atoms with Crippen molar-refractivity contribution in [3.63, 3.8) is 0 Å². The molecular formula is C32H36N2O6. The van der Waals surface area contributed by atoms with Crippen LogP contribution >= 0.6 is 0 Å². The van der Waals surface area contributed by atoms with Gasteiger partial charge in [-0.25, -0.2) is 4.79 Å². The van der Waals surface area contributed by atoms with Gasteiger partial charge in [0.1, 0.15) is 12.6 Å². The van der Waals surface area contributed by atoms with Crippen LogP contribution in [0.15, 0.2) is 67.0 Å². The number of rotatable bonds is 10. The zero-order valence-electron chi connectivity index (χ0n) is 23.1. The molecule has 210 valence electrons. The van der Waals surface area contributed by atoms with Crippen molar-refractivity contribution >= 4 is 11.9 Å². The molecule has 0 saturated heterocycles. The minimum absolute atomic E-state index is 0.0183. The first-order valence-corrected chi connectivity index (χ1v) is 14.0. The Hall–Kier alpha value is -3.91. The lowest BCUT2D eigenvalue weighted by molar-refractivity contribution is -0.163. The van der Waals surface area contributed by atoms with Gasteiger partial charge in [-0.1, -0.05) is 49.2 Å². The van der Waals surface area contributed by atoms with Crippen LogP contribution in [0.5, 0.6) is 11.5 Å². The maximum Gasteiger partial charge on any atom is 0.329 e. The quantitative estimate of drug-likeness (QED) is 0.325. The number of hydrogen-bond acceptors (Lipinski definition) is 7. The molecule has 2 atom stereocenters. The molecule has 8 heteroatoms. The van der Waals surface area contributed by atoms with E-state index in [-0.39, 0.29) is 31.6 Å². The van der Waals surface area contributed by atoms with Crippen molar-refractivity contribution in [2.45, 2.75) is 70.4 Å². The normalized spacial score (nSPS) is 17.6. The van der Waals surface area contributed by atoms with E-state index in [1.165, 1.54) is 0 Å². The van der Waals surface area contributed by atoms with Gasteiger partial charge in [-0.15, -0.1) is 0 Å². The maximum absolute atomic E-state index is 14.3. The summed E-state index contributed by atoms with van der Waals surface area (Å²) in [6.45, 7) is 2.52. The van der Waals surface area contributed by atoms with Crippen LogP contribution in [0.4, 0.5) is 0 Å². The van der Waals surface area contributed by atoms with Gasteiger partial charge in [0.05, 0.1) is 19.8 Å². The molecule has 0 spiro atoms. The lowest BCUT2D eigenvalue weighted by Gasteiger charge is -2.38. The van der Waals surface area contributed by atoms with Gasteiger partial charge < -0.3 is 23.8 Å². The number of ether oxygens (including phenoxy) is 4. The molecule has 40 heavy (non-hydrogen) atoms. The summed E-state index contributed by atoms with van der Waals surface area (Å²) in [5.74, 6) is 0.455. The Kier molecular flexibility index (Phi) is 8.96. The number of pyridine rings is 1. The Morgan fingerprint density at radius 2 is 1.77 bits per heavy atom. The van der Waals surface area contributed by atoms with E-state index in [1.54, 1.807) is 31.3 Å². The molecule has 2 heterocycles. The van der Waals surface area contributed by atoms with E-state index >= 15 is 0 Å². The monoisotopic (exact) mass is 544 g/mol. The molecule has 1 aliphatic carbocycles. The van der Waals surface area contributed by atoms with Crippen molar-refractivity contribution in [1.82, 2.24) is 9.88 Å². The summed E-state index contributed by atoms with van der Waals surface area (Å²) in [7, 11) is 1.59. The van der Waals surface area contributed by atoms with E-state index in [9.17, 15) is 9.59 Å². The number of fused-ring (bicyclic) bond motifs is 1. The van der Waals surface area contributed by atoms with Crippen LogP contribution in [-0.4, -0.2) is 47.6 Å². The lowest BCUT2D eigenvalue weighted by atomic mass is 9.91. The Morgan fingerprint density at radius 3 is 2.48 bits per heavy atom. The molecule has 8 nitrogen and oxygen atoms in total. The number of methoxy groups -OCH3 is 1. The molecule has 0 N–H and O–H groups in total. The van der Waals surface area contributed by atoms with Crippen molar-refractivity contribution in [2.75, 3.05) is 13.7 Å². The minimum Gasteiger partial charge on any atom is -0.493 e. The fourth-order valence-corrected chi connectivity index (χ4v) is 5.52. The summed E-state index contributed by atoms with van der Waals surface area (Å²) < 4.78 is 23.8. The Bertz CT molecular complexity index is 1290. The van der Waals surface area contributed by atoms with E-state index in [4.69, 9.17) is 18.9 Å². The summed E-state index contributed by atoms with van der Waals surface area (Å²) in [5.41, 5.74) is 3.47. The molecule has 1 fully saturated rings. The zero-order chi connectivity index (χ0) is 27.9. The SMILES string of the molecule is CCOC(=O)C1Cc2c(ccc(OC)c2OCc2ccncc2)CN1C(=O)C(OC1CCCC1)c1ccccc1. The standard InChI is InChI=1S/C32H36N2O6/c1-3-38-32(36)27-19-26-24(13-14-28(37-2)30(26)39-21-22-15-17-33-18-16-22)20-34(27)31(35)29(23-9-5-4-6-10-23)40-25-11-7-8-12-25/h4-6,9-10,13-18,25,27,29H,3,7-8,11-12,19-21H2,1-2H3. The average molecular weight is 545 g/mol. The van der Waals surface area contributed by atoms with Crippen LogP contribution in [-0.2, 0) is 38.6 Å². The summed E-state index contributed by atoms with van der Waals surface area (Å²) in [5, 5.41) is 0. The van der Waals surface area contributed by atoms with Gasteiger partial charge in [-0.05, 0) is 54.7 Å². The third kappa shape index (κ3) is 6.12. The molecule has 2 aromatic carbocycles. The predicted molar refractivity (Wildman–Crippen MR) is 149 cm³/mol. The van der Waals surface area contributed by atoms with Crippen molar-refractivity contribution < 1.29 is 28.5 Å².